The van der Waals surface area contributed by atoms with Crippen LogP contribution in [-0.2, 0) is 19.3 Å². The lowest BCUT2D eigenvalue weighted by atomic mass is 9.79. The molecule has 1 saturated heterocycles. The van der Waals surface area contributed by atoms with E-state index in [4.69, 9.17) is 14.2 Å². The highest BCUT2D eigenvalue weighted by Gasteiger charge is 2.25. The SMILES string of the molecule is COc1cc(NC(C)Cc2ccc(OCCN3CCC3)cc2)c(C2CCc3cc(O)ccc3C2)cc1OC. The summed E-state index contributed by atoms with van der Waals surface area (Å²) in [5.74, 6) is 3.11. The number of aryl methyl sites for hydroxylation is 1. The molecule has 0 aromatic heterocycles. The van der Waals surface area contributed by atoms with Gasteiger partial charge in [0.05, 0.1) is 14.2 Å². The number of phenols is 1. The average Bonchev–Trinajstić information content (AvgIpc) is 2.90. The number of phenolic OH excluding ortho intramolecular Hbond substituents is 1. The minimum Gasteiger partial charge on any atom is -0.508 e. The van der Waals surface area contributed by atoms with E-state index in [1.54, 1.807) is 20.3 Å². The zero-order valence-electron chi connectivity index (χ0n) is 22.8. The molecule has 1 heterocycles. The number of aromatic hydroxyl groups is 1. The molecule has 0 radical (unpaired) electrons. The van der Waals surface area contributed by atoms with Crippen LogP contribution in [0.25, 0.3) is 0 Å². The van der Waals surface area contributed by atoms with Gasteiger partial charge >= 0.3 is 0 Å². The number of anilines is 1. The molecule has 1 fully saturated rings. The molecule has 6 nitrogen and oxygen atoms in total. The van der Waals surface area contributed by atoms with Gasteiger partial charge in [-0.2, -0.15) is 0 Å². The Kier molecular flexibility index (Phi) is 8.28. The fourth-order valence-corrected chi connectivity index (χ4v) is 5.65. The smallest absolute Gasteiger partial charge is 0.162 e. The Balaban J connectivity index is 1.27. The number of hydrogen-bond acceptors (Lipinski definition) is 6. The van der Waals surface area contributed by atoms with E-state index in [2.05, 4.69) is 59.6 Å². The molecular formula is C32H40N2O4. The summed E-state index contributed by atoms with van der Waals surface area (Å²) in [7, 11) is 3.37. The largest absolute Gasteiger partial charge is 0.508 e. The molecule has 6 heteroatoms. The van der Waals surface area contributed by atoms with Crippen molar-refractivity contribution in [3.8, 4) is 23.0 Å². The Morgan fingerprint density at radius 2 is 1.74 bits per heavy atom. The summed E-state index contributed by atoms with van der Waals surface area (Å²) < 4.78 is 17.3. The molecule has 2 aliphatic rings. The molecule has 2 atom stereocenters. The second kappa shape index (κ2) is 12.0. The van der Waals surface area contributed by atoms with E-state index in [0.717, 1.165) is 61.8 Å². The second-order valence-corrected chi connectivity index (χ2v) is 10.6. The van der Waals surface area contributed by atoms with Gasteiger partial charge in [0, 0.05) is 24.3 Å². The molecule has 3 aromatic carbocycles. The van der Waals surface area contributed by atoms with E-state index < -0.39 is 0 Å². The van der Waals surface area contributed by atoms with Crippen LogP contribution in [0.15, 0.2) is 54.6 Å². The van der Waals surface area contributed by atoms with Crippen molar-refractivity contribution in [2.24, 2.45) is 0 Å². The Hall–Kier alpha value is -3.38. The molecule has 0 bridgehead atoms. The zero-order valence-corrected chi connectivity index (χ0v) is 22.8. The van der Waals surface area contributed by atoms with Gasteiger partial charge in [-0.3, -0.25) is 4.90 Å². The van der Waals surface area contributed by atoms with Crippen molar-refractivity contribution < 1.29 is 19.3 Å². The third-order valence-electron chi connectivity index (χ3n) is 7.91. The third-order valence-corrected chi connectivity index (χ3v) is 7.91. The lowest BCUT2D eigenvalue weighted by Crippen LogP contribution is -2.39. The molecule has 38 heavy (non-hydrogen) atoms. The van der Waals surface area contributed by atoms with Gasteiger partial charge in [-0.25, -0.2) is 0 Å². The summed E-state index contributed by atoms with van der Waals surface area (Å²) in [5.41, 5.74) is 6.17. The highest BCUT2D eigenvalue weighted by atomic mass is 16.5. The fraction of sp³-hybridized carbons (Fsp3) is 0.438. The molecule has 1 aliphatic carbocycles. The molecule has 202 valence electrons. The number of nitrogens with zero attached hydrogens (tertiary/aromatic N) is 1. The molecule has 0 spiro atoms. The van der Waals surface area contributed by atoms with Gasteiger partial charge in [-0.1, -0.05) is 18.2 Å². The number of benzene rings is 3. The summed E-state index contributed by atoms with van der Waals surface area (Å²) in [5, 5.41) is 13.7. The quantitative estimate of drug-likeness (QED) is 0.335. The number of ether oxygens (including phenoxy) is 3. The van der Waals surface area contributed by atoms with Crippen LogP contribution in [0.4, 0.5) is 5.69 Å². The highest BCUT2D eigenvalue weighted by Crippen LogP contribution is 2.42. The van der Waals surface area contributed by atoms with Crippen LogP contribution < -0.4 is 19.5 Å². The van der Waals surface area contributed by atoms with Crippen molar-refractivity contribution >= 4 is 5.69 Å². The number of rotatable bonds is 11. The maximum Gasteiger partial charge on any atom is 0.162 e. The third kappa shape index (κ3) is 6.18. The number of nitrogens with one attached hydrogen (secondary N) is 1. The Morgan fingerprint density at radius 1 is 0.974 bits per heavy atom. The van der Waals surface area contributed by atoms with Crippen molar-refractivity contribution in [3.63, 3.8) is 0 Å². The first-order chi connectivity index (χ1) is 18.5. The van der Waals surface area contributed by atoms with Gasteiger partial charge < -0.3 is 24.6 Å². The molecule has 0 amide bonds. The predicted octanol–water partition coefficient (Wildman–Crippen LogP) is 5.81. The number of methoxy groups -OCH3 is 2. The fourth-order valence-electron chi connectivity index (χ4n) is 5.65. The Labute approximate surface area is 226 Å². The average molecular weight is 517 g/mol. The van der Waals surface area contributed by atoms with E-state index in [9.17, 15) is 5.11 Å². The van der Waals surface area contributed by atoms with Gasteiger partial charge in [0.1, 0.15) is 18.1 Å². The second-order valence-electron chi connectivity index (χ2n) is 10.6. The van der Waals surface area contributed by atoms with Crippen LogP contribution in [-0.4, -0.2) is 56.5 Å². The van der Waals surface area contributed by atoms with Crippen molar-refractivity contribution in [2.75, 3.05) is 45.8 Å². The van der Waals surface area contributed by atoms with Gasteiger partial charge in [0.2, 0.25) is 0 Å². The Morgan fingerprint density at radius 3 is 2.45 bits per heavy atom. The molecule has 2 N–H and O–H groups in total. The standard InChI is InChI=1S/C32H40N2O4/c1-22(17-23-5-11-28(12-6-23)38-16-15-34-13-4-14-34)33-30-21-32(37-3)31(36-2)20-29(30)26-8-7-25-19-27(35)10-9-24(25)18-26/h5-6,9-12,19-22,26,33,35H,4,7-8,13-18H2,1-3H3. The van der Waals surface area contributed by atoms with Crippen LogP contribution in [0, 0.1) is 0 Å². The molecule has 3 aromatic rings. The van der Waals surface area contributed by atoms with Gasteiger partial charge in [-0.15, -0.1) is 0 Å². The molecule has 0 saturated carbocycles. The first-order valence-electron chi connectivity index (χ1n) is 13.8. The van der Waals surface area contributed by atoms with Crippen LogP contribution in [0.5, 0.6) is 23.0 Å². The lowest BCUT2D eigenvalue weighted by molar-refractivity contribution is 0.147. The molecule has 5 rings (SSSR count). The normalized spacial score (nSPS) is 17.7. The number of hydrogen-bond donors (Lipinski definition) is 2. The predicted molar refractivity (Wildman–Crippen MR) is 152 cm³/mol. The van der Waals surface area contributed by atoms with Crippen molar-refractivity contribution in [3.05, 3.63) is 76.9 Å². The van der Waals surface area contributed by atoms with Crippen LogP contribution in [0.2, 0.25) is 0 Å². The lowest BCUT2D eigenvalue weighted by Gasteiger charge is -2.30. The minimum atomic E-state index is 0.220. The Bertz CT molecular complexity index is 1220. The van der Waals surface area contributed by atoms with Gasteiger partial charge in [0.25, 0.3) is 0 Å². The monoisotopic (exact) mass is 516 g/mol. The van der Waals surface area contributed by atoms with Crippen LogP contribution in [0.1, 0.15) is 47.9 Å². The highest BCUT2D eigenvalue weighted by molar-refractivity contribution is 5.63. The van der Waals surface area contributed by atoms with Gasteiger partial charge in [0.15, 0.2) is 11.5 Å². The minimum absolute atomic E-state index is 0.220. The van der Waals surface area contributed by atoms with E-state index in [1.165, 1.54) is 41.8 Å². The van der Waals surface area contributed by atoms with Crippen LogP contribution >= 0.6 is 0 Å². The van der Waals surface area contributed by atoms with E-state index in [1.807, 2.05) is 6.07 Å². The van der Waals surface area contributed by atoms with Crippen LogP contribution in [0.3, 0.4) is 0 Å². The summed E-state index contributed by atoms with van der Waals surface area (Å²) >= 11 is 0. The summed E-state index contributed by atoms with van der Waals surface area (Å²) in [6.07, 6.45) is 5.12. The first-order valence-corrected chi connectivity index (χ1v) is 13.8. The van der Waals surface area contributed by atoms with Crippen molar-refractivity contribution in [1.29, 1.82) is 0 Å². The molecule has 2 unspecified atom stereocenters. The topological polar surface area (TPSA) is 63.2 Å². The summed E-state index contributed by atoms with van der Waals surface area (Å²) in [6.45, 7) is 6.37. The maximum atomic E-state index is 9.90. The van der Waals surface area contributed by atoms with Crippen molar-refractivity contribution in [2.45, 2.75) is 51.0 Å². The summed E-state index contributed by atoms with van der Waals surface area (Å²) in [6, 6.07) is 18.7. The molecular weight excluding hydrogens is 476 g/mol. The van der Waals surface area contributed by atoms with Crippen molar-refractivity contribution in [1.82, 2.24) is 4.90 Å². The van der Waals surface area contributed by atoms with E-state index in [-0.39, 0.29) is 6.04 Å². The summed E-state index contributed by atoms with van der Waals surface area (Å²) in [4.78, 5) is 2.42. The van der Waals surface area contributed by atoms with Gasteiger partial charge in [-0.05, 0) is 111 Å². The molecule has 1 aliphatic heterocycles. The number of likely N-dealkylation sites (tertiary alicyclic amines) is 1. The number of fused-ring (bicyclic) bond motifs is 1. The maximum absolute atomic E-state index is 9.90. The van der Waals surface area contributed by atoms with E-state index in [0.29, 0.717) is 11.7 Å². The zero-order chi connectivity index (χ0) is 26.5. The van der Waals surface area contributed by atoms with E-state index >= 15 is 0 Å². The first kappa shape index (κ1) is 26.2.